The van der Waals surface area contributed by atoms with Gasteiger partial charge in [0, 0.05) is 23.3 Å². The number of H-pyrrole nitrogens is 1. The van der Waals surface area contributed by atoms with Gasteiger partial charge in [0.25, 0.3) is 0 Å². The summed E-state index contributed by atoms with van der Waals surface area (Å²) >= 11 is 6.15. The predicted molar refractivity (Wildman–Crippen MR) is 70.0 cm³/mol. The van der Waals surface area contributed by atoms with Gasteiger partial charge in [-0.1, -0.05) is 29.8 Å². The molecule has 0 saturated heterocycles. The zero-order chi connectivity index (χ0) is 12.3. The van der Waals surface area contributed by atoms with Gasteiger partial charge in [0.1, 0.15) is 0 Å². The standard InChI is InChI=1S/C13H16ClN3/c1-9(11-5-3-4-6-12(11)14)15-7-13-10(2)16-8-17-13/h3-6,8-9,15H,7H2,1-2H3,(H,16,17). The number of aryl methyl sites for hydroxylation is 1. The second-order valence-electron chi connectivity index (χ2n) is 4.10. The molecule has 17 heavy (non-hydrogen) atoms. The van der Waals surface area contributed by atoms with Gasteiger partial charge in [0.15, 0.2) is 0 Å². The quantitative estimate of drug-likeness (QED) is 0.874. The molecule has 2 aromatic rings. The van der Waals surface area contributed by atoms with E-state index in [1.54, 1.807) is 6.33 Å². The molecule has 1 aromatic heterocycles. The van der Waals surface area contributed by atoms with Crippen LogP contribution in [0.25, 0.3) is 0 Å². The maximum absolute atomic E-state index is 6.15. The van der Waals surface area contributed by atoms with Crippen molar-refractivity contribution in [1.82, 2.24) is 15.3 Å². The molecule has 0 bridgehead atoms. The molecule has 1 aromatic carbocycles. The van der Waals surface area contributed by atoms with E-state index in [4.69, 9.17) is 11.6 Å². The molecule has 0 fully saturated rings. The number of benzene rings is 1. The summed E-state index contributed by atoms with van der Waals surface area (Å²) in [5.74, 6) is 0. The van der Waals surface area contributed by atoms with Crippen molar-refractivity contribution in [2.75, 3.05) is 0 Å². The van der Waals surface area contributed by atoms with Crippen LogP contribution in [0.2, 0.25) is 5.02 Å². The highest BCUT2D eigenvalue weighted by molar-refractivity contribution is 6.31. The summed E-state index contributed by atoms with van der Waals surface area (Å²) in [5.41, 5.74) is 3.26. The summed E-state index contributed by atoms with van der Waals surface area (Å²) in [6.45, 7) is 4.86. The van der Waals surface area contributed by atoms with Gasteiger partial charge >= 0.3 is 0 Å². The second-order valence-corrected chi connectivity index (χ2v) is 4.51. The lowest BCUT2D eigenvalue weighted by atomic mass is 10.1. The predicted octanol–water partition coefficient (Wildman–Crippen LogP) is 3.22. The summed E-state index contributed by atoms with van der Waals surface area (Å²) in [6.07, 6.45) is 1.71. The lowest BCUT2D eigenvalue weighted by Crippen LogP contribution is -2.19. The Kier molecular flexibility index (Phi) is 3.82. The van der Waals surface area contributed by atoms with Gasteiger partial charge in [-0.3, -0.25) is 0 Å². The molecule has 3 nitrogen and oxygen atoms in total. The maximum atomic E-state index is 6.15. The van der Waals surface area contributed by atoms with E-state index in [2.05, 4.69) is 22.2 Å². The first-order valence-electron chi connectivity index (χ1n) is 5.65. The lowest BCUT2D eigenvalue weighted by molar-refractivity contribution is 0.567. The molecule has 0 spiro atoms. The molecule has 0 aliphatic heterocycles. The summed E-state index contributed by atoms with van der Waals surface area (Å²) < 4.78 is 0. The summed E-state index contributed by atoms with van der Waals surface area (Å²) in [7, 11) is 0. The van der Waals surface area contributed by atoms with Gasteiger partial charge in [-0.2, -0.15) is 0 Å². The first-order valence-corrected chi connectivity index (χ1v) is 6.03. The Balaban J connectivity index is 2.01. The second kappa shape index (κ2) is 5.34. The van der Waals surface area contributed by atoms with Crippen LogP contribution in [0.15, 0.2) is 30.6 Å². The van der Waals surface area contributed by atoms with Crippen LogP contribution in [0.5, 0.6) is 0 Å². The molecule has 0 radical (unpaired) electrons. The normalized spacial score (nSPS) is 12.6. The summed E-state index contributed by atoms with van der Waals surface area (Å²) in [4.78, 5) is 7.32. The van der Waals surface area contributed by atoms with Crippen molar-refractivity contribution in [2.45, 2.75) is 26.4 Å². The molecule has 0 aliphatic rings. The fourth-order valence-corrected chi connectivity index (χ4v) is 2.05. The van der Waals surface area contributed by atoms with E-state index in [1.165, 1.54) is 0 Å². The highest BCUT2D eigenvalue weighted by Gasteiger charge is 2.09. The van der Waals surface area contributed by atoms with E-state index in [1.807, 2.05) is 31.2 Å². The third-order valence-corrected chi connectivity index (χ3v) is 3.23. The van der Waals surface area contributed by atoms with Crippen molar-refractivity contribution >= 4 is 11.6 Å². The topological polar surface area (TPSA) is 40.7 Å². The smallest absolute Gasteiger partial charge is 0.0925 e. The third-order valence-electron chi connectivity index (χ3n) is 2.88. The first kappa shape index (κ1) is 12.1. The highest BCUT2D eigenvalue weighted by atomic mass is 35.5. The molecule has 4 heteroatoms. The van der Waals surface area contributed by atoms with E-state index < -0.39 is 0 Å². The third kappa shape index (κ3) is 2.87. The molecule has 0 aliphatic carbocycles. The van der Waals surface area contributed by atoms with E-state index in [9.17, 15) is 0 Å². The number of imidazole rings is 1. The number of hydrogen-bond donors (Lipinski definition) is 2. The van der Waals surface area contributed by atoms with Crippen molar-refractivity contribution in [1.29, 1.82) is 0 Å². The van der Waals surface area contributed by atoms with Crippen LogP contribution in [0, 0.1) is 6.92 Å². The average molecular weight is 250 g/mol. The van der Waals surface area contributed by atoms with Gasteiger partial charge in [-0.05, 0) is 25.5 Å². The van der Waals surface area contributed by atoms with Gasteiger partial charge < -0.3 is 10.3 Å². The number of nitrogens with zero attached hydrogens (tertiary/aromatic N) is 1. The van der Waals surface area contributed by atoms with Crippen molar-refractivity contribution in [2.24, 2.45) is 0 Å². The molecule has 1 atom stereocenters. The first-order chi connectivity index (χ1) is 8.18. The van der Waals surface area contributed by atoms with Crippen molar-refractivity contribution in [3.8, 4) is 0 Å². The van der Waals surface area contributed by atoms with Crippen molar-refractivity contribution in [3.05, 3.63) is 52.6 Å². The van der Waals surface area contributed by atoms with Crippen LogP contribution in [0.4, 0.5) is 0 Å². The van der Waals surface area contributed by atoms with E-state index in [0.29, 0.717) is 0 Å². The SMILES string of the molecule is Cc1[nH]cnc1CNC(C)c1ccccc1Cl. The number of rotatable bonds is 4. The van der Waals surface area contributed by atoms with Gasteiger partial charge in [-0.15, -0.1) is 0 Å². The van der Waals surface area contributed by atoms with E-state index in [0.717, 1.165) is 28.5 Å². The number of aromatic nitrogens is 2. The zero-order valence-corrected chi connectivity index (χ0v) is 10.8. The Hall–Kier alpha value is -1.32. The Bertz CT molecular complexity index is 493. The minimum Gasteiger partial charge on any atom is -0.348 e. The lowest BCUT2D eigenvalue weighted by Gasteiger charge is -2.15. The van der Waals surface area contributed by atoms with Crippen LogP contribution >= 0.6 is 11.6 Å². The minimum atomic E-state index is 0.208. The molecular formula is C13H16ClN3. The van der Waals surface area contributed by atoms with E-state index in [-0.39, 0.29) is 6.04 Å². The van der Waals surface area contributed by atoms with Gasteiger partial charge in [0.05, 0.1) is 12.0 Å². The molecule has 90 valence electrons. The Morgan fingerprint density at radius 1 is 1.41 bits per heavy atom. The molecule has 0 saturated carbocycles. The van der Waals surface area contributed by atoms with Crippen LogP contribution in [-0.2, 0) is 6.54 Å². The molecular weight excluding hydrogens is 234 g/mol. The molecule has 2 N–H and O–H groups in total. The van der Waals surface area contributed by atoms with E-state index >= 15 is 0 Å². The van der Waals surface area contributed by atoms with Crippen LogP contribution in [0.1, 0.15) is 29.9 Å². The molecule has 2 rings (SSSR count). The van der Waals surface area contributed by atoms with Crippen LogP contribution in [0.3, 0.4) is 0 Å². The van der Waals surface area contributed by atoms with Crippen LogP contribution < -0.4 is 5.32 Å². The fourth-order valence-electron chi connectivity index (χ4n) is 1.75. The summed E-state index contributed by atoms with van der Waals surface area (Å²) in [6, 6.07) is 8.10. The largest absolute Gasteiger partial charge is 0.348 e. The fraction of sp³-hybridized carbons (Fsp3) is 0.308. The maximum Gasteiger partial charge on any atom is 0.0925 e. The Morgan fingerprint density at radius 3 is 2.82 bits per heavy atom. The zero-order valence-electron chi connectivity index (χ0n) is 10.00. The van der Waals surface area contributed by atoms with Crippen LogP contribution in [-0.4, -0.2) is 9.97 Å². The number of aromatic amines is 1. The summed E-state index contributed by atoms with van der Waals surface area (Å²) in [5, 5.41) is 4.21. The number of hydrogen-bond acceptors (Lipinski definition) is 2. The molecule has 1 heterocycles. The van der Waals surface area contributed by atoms with Gasteiger partial charge in [0.2, 0.25) is 0 Å². The Morgan fingerprint density at radius 2 is 2.18 bits per heavy atom. The minimum absolute atomic E-state index is 0.208. The number of halogens is 1. The highest BCUT2D eigenvalue weighted by Crippen LogP contribution is 2.22. The molecule has 0 amide bonds. The monoisotopic (exact) mass is 249 g/mol. The van der Waals surface area contributed by atoms with Crippen molar-refractivity contribution < 1.29 is 0 Å². The molecule has 1 unspecified atom stereocenters. The Labute approximate surface area is 106 Å². The number of nitrogens with one attached hydrogen (secondary N) is 2. The van der Waals surface area contributed by atoms with Gasteiger partial charge in [-0.25, -0.2) is 4.98 Å². The van der Waals surface area contributed by atoms with Crippen molar-refractivity contribution in [3.63, 3.8) is 0 Å². The average Bonchev–Trinajstić information content (AvgIpc) is 2.72.